The SMILES string of the molecule is CCCCC(CC)(CS(=O)C(C)(C)C)NC(=O)NC(C=O)C(C)SC(C)C. The summed E-state index contributed by atoms with van der Waals surface area (Å²) < 4.78 is 12.4. The number of hydrogen-bond acceptors (Lipinski definition) is 4. The van der Waals surface area contributed by atoms with Gasteiger partial charge in [-0.2, -0.15) is 11.8 Å². The Morgan fingerprint density at radius 3 is 2.19 bits per heavy atom. The first-order valence-electron chi connectivity index (χ1n) is 9.98. The van der Waals surface area contributed by atoms with Crippen molar-refractivity contribution in [2.75, 3.05) is 5.75 Å². The van der Waals surface area contributed by atoms with Gasteiger partial charge in [-0.15, -0.1) is 0 Å². The Morgan fingerprint density at radius 1 is 1.19 bits per heavy atom. The molecular formula is C20H40N2O3S2. The molecular weight excluding hydrogens is 380 g/mol. The van der Waals surface area contributed by atoms with Crippen LogP contribution in [0.25, 0.3) is 0 Å². The summed E-state index contributed by atoms with van der Waals surface area (Å²) in [6, 6.07) is -0.904. The van der Waals surface area contributed by atoms with Gasteiger partial charge < -0.3 is 15.4 Å². The third kappa shape index (κ3) is 9.97. The van der Waals surface area contributed by atoms with Crippen molar-refractivity contribution in [1.82, 2.24) is 10.6 Å². The van der Waals surface area contributed by atoms with Crippen LogP contribution in [0.2, 0.25) is 0 Å². The Balaban J connectivity index is 5.25. The zero-order valence-corrected chi connectivity index (χ0v) is 20.0. The van der Waals surface area contributed by atoms with E-state index >= 15 is 0 Å². The second-order valence-corrected chi connectivity index (χ2v) is 12.7. The van der Waals surface area contributed by atoms with E-state index in [0.717, 1.165) is 25.5 Å². The van der Waals surface area contributed by atoms with Gasteiger partial charge in [0.1, 0.15) is 6.29 Å². The molecule has 4 atom stereocenters. The molecule has 0 aliphatic heterocycles. The van der Waals surface area contributed by atoms with Gasteiger partial charge in [-0.25, -0.2) is 4.79 Å². The van der Waals surface area contributed by atoms with E-state index in [9.17, 15) is 13.8 Å². The maximum atomic E-state index is 12.8. The smallest absolute Gasteiger partial charge is 0.315 e. The molecule has 27 heavy (non-hydrogen) atoms. The Hall–Kier alpha value is -0.560. The summed E-state index contributed by atoms with van der Waals surface area (Å²) in [6.07, 6.45) is 4.23. The molecule has 2 amide bonds. The normalized spacial score (nSPS) is 17.7. The fourth-order valence-electron chi connectivity index (χ4n) is 2.72. The molecule has 0 saturated heterocycles. The molecule has 0 aromatic rings. The second kappa shape index (κ2) is 12.1. The molecule has 4 unspecified atom stereocenters. The van der Waals surface area contributed by atoms with E-state index in [1.807, 2.05) is 34.6 Å². The molecule has 0 aliphatic carbocycles. The van der Waals surface area contributed by atoms with Gasteiger partial charge in [0.05, 0.1) is 11.6 Å². The number of amides is 2. The van der Waals surface area contributed by atoms with E-state index in [-0.39, 0.29) is 16.0 Å². The van der Waals surface area contributed by atoms with Gasteiger partial charge in [0, 0.05) is 26.5 Å². The van der Waals surface area contributed by atoms with Crippen LogP contribution in [0.1, 0.15) is 81.1 Å². The summed E-state index contributed by atoms with van der Waals surface area (Å²) in [5.74, 6) is 0.419. The lowest BCUT2D eigenvalue weighted by Gasteiger charge is -2.36. The van der Waals surface area contributed by atoms with Crippen molar-refractivity contribution in [2.24, 2.45) is 0 Å². The summed E-state index contributed by atoms with van der Waals surface area (Å²) in [5, 5.41) is 6.26. The number of nitrogens with one attached hydrogen (secondary N) is 2. The van der Waals surface area contributed by atoms with Crippen molar-refractivity contribution in [1.29, 1.82) is 0 Å². The molecule has 0 saturated carbocycles. The van der Waals surface area contributed by atoms with Crippen molar-refractivity contribution in [3.8, 4) is 0 Å². The van der Waals surface area contributed by atoms with E-state index in [0.29, 0.717) is 17.4 Å². The maximum Gasteiger partial charge on any atom is 0.315 e. The third-order valence-corrected chi connectivity index (χ3v) is 8.04. The minimum absolute atomic E-state index is 0.0105. The first kappa shape index (κ1) is 26.4. The zero-order valence-electron chi connectivity index (χ0n) is 18.4. The van der Waals surface area contributed by atoms with E-state index in [4.69, 9.17) is 0 Å². The molecule has 0 aromatic heterocycles. The number of aldehydes is 1. The maximum absolute atomic E-state index is 12.8. The standard InChI is InChI=1S/C20H40N2O3S2/c1-9-11-12-20(10-2,14-27(25)19(6,7)8)22-18(24)21-17(13-23)16(5)26-15(3)4/h13,15-17H,9-12,14H2,1-8H3,(H2,21,22,24). The molecule has 2 N–H and O–H groups in total. The van der Waals surface area contributed by atoms with E-state index < -0.39 is 22.4 Å². The second-order valence-electron chi connectivity index (χ2n) is 8.49. The molecule has 160 valence electrons. The van der Waals surface area contributed by atoms with Crippen LogP contribution in [-0.4, -0.2) is 49.1 Å². The van der Waals surface area contributed by atoms with E-state index in [1.165, 1.54) is 0 Å². The largest absolute Gasteiger partial charge is 0.332 e. The minimum Gasteiger partial charge on any atom is -0.332 e. The number of urea groups is 1. The molecule has 0 spiro atoms. The molecule has 0 fully saturated rings. The Labute approximate surface area is 173 Å². The minimum atomic E-state index is -1.07. The number of carbonyl (C=O) groups is 2. The molecule has 0 bridgehead atoms. The molecule has 5 nitrogen and oxygen atoms in total. The highest BCUT2D eigenvalue weighted by molar-refractivity contribution is 8.00. The summed E-state index contributed by atoms with van der Waals surface area (Å²) >= 11 is 1.66. The molecule has 0 rings (SSSR count). The molecule has 0 aliphatic rings. The summed E-state index contributed by atoms with van der Waals surface area (Å²) in [6.45, 7) is 16.1. The first-order valence-corrected chi connectivity index (χ1v) is 12.2. The highest BCUT2D eigenvalue weighted by Gasteiger charge is 2.35. The average molecular weight is 421 g/mol. The van der Waals surface area contributed by atoms with Gasteiger partial charge >= 0.3 is 6.03 Å². The highest BCUT2D eigenvalue weighted by atomic mass is 32.2. The van der Waals surface area contributed by atoms with E-state index in [1.54, 1.807) is 11.8 Å². The van der Waals surface area contributed by atoms with Crippen LogP contribution in [0.3, 0.4) is 0 Å². The fraction of sp³-hybridized carbons (Fsp3) is 0.900. The van der Waals surface area contributed by atoms with Gasteiger partial charge in [0.2, 0.25) is 0 Å². The first-order chi connectivity index (χ1) is 12.4. The van der Waals surface area contributed by atoms with Gasteiger partial charge in [-0.3, -0.25) is 4.21 Å². The average Bonchev–Trinajstić information content (AvgIpc) is 2.55. The van der Waals surface area contributed by atoms with Gasteiger partial charge in [0.25, 0.3) is 0 Å². The van der Waals surface area contributed by atoms with Gasteiger partial charge in [-0.05, 0) is 38.9 Å². The topological polar surface area (TPSA) is 75.3 Å². The molecule has 0 radical (unpaired) electrons. The van der Waals surface area contributed by atoms with Crippen LogP contribution >= 0.6 is 11.8 Å². The van der Waals surface area contributed by atoms with Crippen LogP contribution in [-0.2, 0) is 15.6 Å². The lowest BCUT2D eigenvalue weighted by molar-refractivity contribution is -0.109. The van der Waals surface area contributed by atoms with Crippen LogP contribution in [0, 0.1) is 0 Å². The van der Waals surface area contributed by atoms with Crippen LogP contribution in [0.4, 0.5) is 4.79 Å². The number of unbranched alkanes of at least 4 members (excludes halogenated alkanes) is 1. The monoisotopic (exact) mass is 420 g/mol. The lowest BCUT2D eigenvalue weighted by atomic mass is 9.92. The highest BCUT2D eigenvalue weighted by Crippen LogP contribution is 2.25. The Kier molecular flexibility index (Phi) is 11.8. The molecule has 0 heterocycles. The van der Waals surface area contributed by atoms with Crippen molar-refractivity contribution in [3.05, 3.63) is 0 Å². The van der Waals surface area contributed by atoms with E-state index in [2.05, 4.69) is 31.4 Å². The zero-order chi connectivity index (χ0) is 21.3. The fourth-order valence-corrected chi connectivity index (χ4v) is 5.24. The van der Waals surface area contributed by atoms with Gasteiger partial charge in [-0.1, -0.05) is 47.5 Å². The number of hydrogen-bond donors (Lipinski definition) is 2. The van der Waals surface area contributed by atoms with Crippen molar-refractivity contribution in [2.45, 2.75) is 108 Å². The van der Waals surface area contributed by atoms with Crippen LogP contribution in [0.15, 0.2) is 0 Å². The predicted octanol–water partition coefficient (Wildman–Crippen LogP) is 4.27. The Morgan fingerprint density at radius 2 is 1.78 bits per heavy atom. The Bertz CT molecular complexity index is 492. The predicted molar refractivity (Wildman–Crippen MR) is 119 cm³/mol. The molecule has 0 aromatic carbocycles. The summed E-state index contributed by atoms with van der Waals surface area (Å²) in [4.78, 5) is 24.2. The quantitative estimate of drug-likeness (QED) is 0.462. The van der Waals surface area contributed by atoms with Gasteiger partial charge in [0.15, 0.2) is 0 Å². The van der Waals surface area contributed by atoms with Crippen molar-refractivity contribution in [3.63, 3.8) is 0 Å². The summed E-state index contributed by atoms with van der Waals surface area (Å²) in [5.41, 5.74) is -0.528. The van der Waals surface area contributed by atoms with Crippen molar-refractivity contribution < 1.29 is 13.8 Å². The molecule has 7 heteroatoms. The lowest BCUT2D eigenvalue weighted by Crippen LogP contribution is -2.58. The number of thioether (sulfide) groups is 1. The number of carbonyl (C=O) groups excluding carboxylic acids is 2. The van der Waals surface area contributed by atoms with Crippen LogP contribution in [0.5, 0.6) is 0 Å². The number of rotatable bonds is 12. The van der Waals surface area contributed by atoms with Crippen LogP contribution < -0.4 is 10.6 Å². The van der Waals surface area contributed by atoms with Crippen molar-refractivity contribution >= 4 is 34.9 Å². The third-order valence-electron chi connectivity index (χ3n) is 4.59. The summed E-state index contributed by atoms with van der Waals surface area (Å²) in [7, 11) is -1.07.